The van der Waals surface area contributed by atoms with Crippen molar-refractivity contribution in [2.45, 2.75) is 149 Å². The highest BCUT2D eigenvalue weighted by Crippen LogP contribution is 2.14. The highest BCUT2D eigenvalue weighted by molar-refractivity contribution is 5.69. The molecule has 0 aromatic rings. The van der Waals surface area contributed by atoms with E-state index in [1.165, 1.54) is 96.3 Å². The van der Waals surface area contributed by atoms with E-state index in [1.807, 2.05) is 20.8 Å². The van der Waals surface area contributed by atoms with Gasteiger partial charge in [-0.25, -0.2) is 0 Å². The molecule has 0 rings (SSSR count). The van der Waals surface area contributed by atoms with Crippen LogP contribution in [0.15, 0.2) is 12.2 Å². The van der Waals surface area contributed by atoms with Gasteiger partial charge in [-0.2, -0.15) is 0 Å². The number of allylic oxidation sites excluding steroid dienone is 2. The molecule has 0 unspecified atom stereocenters. The first-order valence-corrected chi connectivity index (χ1v) is 12.3. The molecule has 0 heterocycles. The summed E-state index contributed by atoms with van der Waals surface area (Å²) in [5, 5.41) is 0. The summed E-state index contributed by atoms with van der Waals surface area (Å²) < 4.78 is 5.33. The van der Waals surface area contributed by atoms with Gasteiger partial charge in [0.1, 0.15) is 5.60 Å². The molecule has 0 aromatic heterocycles. The molecule has 0 saturated carbocycles. The maximum atomic E-state index is 11.6. The fraction of sp³-hybridized carbons (Fsp3) is 0.885. The zero-order valence-corrected chi connectivity index (χ0v) is 19.7. The zero-order valence-electron chi connectivity index (χ0n) is 19.7. The van der Waals surface area contributed by atoms with Gasteiger partial charge in [-0.05, 0) is 52.9 Å². The average Bonchev–Trinajstić information content (AvgIpc) is 2.62. The number of unbranched alkanes of at least 4 members (excludes halogenated alkanes) is 15. The minimum Gasteiger partial charge on any atom is -0.460 e. The molecule has 0 radical (unpaired) electrons. The number of ether oxygens (including phenoxy) is 1. The lowest BCUT2D eigenvalue weighted by Crippen LogP contribution is -2.23. The van der Waals surface area contributed by atoms with Gasteiger partial charge in [0.2, 0.25) is 0 Å². The number of carbonyl (C=O) groups is 1. The van der Waals surface area contributed by atoms with Crippen molar-refractivity contribution >= 4 is 5.97 Å². The van der Waals surface area contributed by atoms with Gasteiger partial charge < -0.3 is 4.74 Å². The third-order valence-electron chi connectivity index (χ3n) is 5.06. The van der Waals surface area contributed by atoms with Crippen LogP contribution in [0.4, 0.5) is 0 Å². The lowest BCUT2D eigenvalue weighted by Gasteiger charge is -2.19. The summed E-state index contributed by atoms with van der Waals surface area (Å²) in [6, 6.07) is 0. The Morgan fingerprint density at radius 2 is 1.04 bits per heavy atom. The van der Waals surface area contributed by atoms with Crippen LogP contribution in [0, 0.1) is 0 Å². The van der Waals surface area contributed by atoms with Crippen LogP contribution in [-0.2, 0) is 9.53 Å². The van der Waals surface area contributed by atoms with E-state index < -0.39 is 0 Å². The summed E-state index contributed by atoms with van der Waals surface area (Å²) in [5.41, 5.74) is -0.346. The number of esters is 1. The fourth-order valence-corrected chi connectivity index (χ4v) is 3.44. The van der Waals surface area contributed by atoms with E-state index in [1.54, 1.807) is 0 Å². The fourth-order valence-electron chi connectivity index (χ4n) is 3.44. The van der Waals surface area contributed by atoms with Crippen molar-refractivity contribution in [3.05, 3.63) is 12.2 Å². The largest absolute Gasteiger partial charge is 0.460 e. The van der Waals surface area contributed by atoms with Crippen molar-refractivity contribution in [3.8, 4) is 0 Å². The van der Waals surface area contributed by atoms with Crippen molar-refractivity contribution < 1.29 is 9.53 Å². The van der Waals surface area contributed by atoms with Crippen LogP contribution in [0.3, 0.4) is 0 Å². The van der Waals surface area contributed by atoms with Crippen LogP contribution >= 0.6 is 0 Å². The topological polar surface area (TPSA) is 26.3 Å². The highest BCUT2D eigenvalue weighted by Gasteiger charge is 2.15. The summed E-state index contributed by atoms with van der Waals surface area (Å²) in [7, 11) is 0. The molecule has 0 atom stereocenters. The Kier molecular flexibility index (Phi) is 19.0. The van der Waals surface area contributed by atoms with E-state index >= 15 is 0 Å². The van der Waals surface area contributed by atoms with Crippen molar-refractivity contribution in [1.82, 2.24) is 0 Å². The third-order valence-corrected chi connectivity index (χ3v) is 5.06. The van der Waals surface area contributed by atoms with Crippen molar-refractivity contribution in [2.24, 2.45) is 0 Å². The molecule has 0 aliphatic rings. The quantitative estimate of drug-likeness (QED) is 0.124. The number of hydrogen-bond acceptors (Lipinski definition) is 2. The molecular formula is C26H50O2. The molecule has 28 heavy (non-hydrogen) atoms. The molecule has 0 aliphatic heterocycles. The van der Waals surface area contributed by atoms with Crippen molar-refractivity contribution in [3.63, 3.8) is 0 Å². The molecule has 2 nitrogen and oxygen atoms in total. The highest BCUT2D eigenvalue weighted by atomic mass is 16.6. The predicted molar refractivity (Wildman–Crippen MR) is 124 cm³/mol. The molecule has 166 valence electrons. The molecule has 0 bridgehead atoms. The minimum atomic E-state index is -0.346. The SMILES string of the molecule is CCCCCCCC/C=C\CCCCCCCCCCCC(=O)OC(C)(C)C. The minimum absolute atomic E-state index is 0.0477. The number of hydrogen-bond donors (Lipinski definition) is 0. The molecule has 0 fully saturated rings. The Hall–Kier alpha value is -0.790. The molecule has 0 aliphatic carbocycles. The van der Waals surface area contributed by atoms with Gasteiger partial charge in [-0.3, -0.25) is 4.79 Å². The van der Waals surface area contributed by atoms with Crippen LogP contribution < -0.4 is 0 Å². The Labute approximate surface area is 176 Å². The van der Waals surface area contributed by atoms with Crippen LogP contribution in [0.5, 0.6) is 0 Å². The van der Waals surface area contributed by atoms with Crippen LogP contribution in [0.2, 0.25) is 0 Å². The lowest BCUT2D eigenvalue weighted by molar-refractivity contribution is -0.154. The Morgan fingerprint density at radius 3 is 1.46 bits per heavy atom. The summed E-state index contributed by atoms with van der Waals surface area (Å²) in [6.45, 7) is 8.06. The Bertz CT molecular complexity index is 365. The second-order valence-electron chi connectivity index (χ2n) is 9.33. The molecular weight excluding hydrogens is 344 g/mol. The first kappa shape index (κ1) is 27.2. The van der Waals surface area contributed by atoms with Crippen LogP contribution in [-0.4, -0.2) is 11.6 Å². The molecule has 2 heteroatoms. The van der Waals surface area contributed by atoms with Gasteiger partial charge in [-0.1, -0.05) is 96.1 Å². The van der Waals surface area contributed by atoms with E-state index in [2.05, 4.69) is 19.1 Å². The van der Waals surface area contributed by atoms with E-state index in [-0.39, 0.29) is 11.6 Å². The van der Waals surface area contributed by atoms with Crippen LogP contribution in [0.25, 0.3) is 0 Å². The van der Waals surface area contributed by atoms with Gasteiger partial charge in [-0.15, -0.1) is 0 Å². The van der Waals surface area contributed by atoms with Gasteiger partial charge >= 0.3 is 5.97 Å². The van der Waals surface area contributed by atoms with E-state index in [0.29, 0.717) is 6.42 Å². The second-order valence-corrected chi connectivity index (χ2v) is 9.33. The standard InChI is InChI=1S/C26H50O2/c1-5-6-7-8-9-10-11-12-13-14-15-16-17-18-19-20-21-22-23-24-25(27)28-26(2,3)4/h12-13H,5-11,14-24H2,1-4H3/b13-12-. The Balaban J connectivity index is 3.19. The van der Waals surface area contributed by atoms with Crippen molar-refractivity contribution in [2.75, 3.05) is 0 Å². The third kappa shape index (κ3) is 23.2. The summed E-state index contributed by atoms with van der Waals surface area (Å²) in [6.07, 6.45) is 27.8. The van der Waals surface area contributed by atoms with Gasteiger partial charge in [0.05, 0.1) is 0 Å². The zero-order chi connectivity index (χ0) is 20.9. The van der Waals surface area contributed by atoms with E-state index in [4.69, 9.17) is 4.74 Å². The number of carbonyl (C=O) groups excluding carboxylic acids is 1. The predicted octanol–water partition coefficient (Wildman–Crippen LogP) is 8.93. The first-order valence-electron chi connectivity index (χ1n) is 12.3. The summed E-state index contributed by atoms with van der Waals surface area (Å²) >= 11 is 0. The van der Waals surface area contributed by atoms with Crippen molar-refractivity contribution in [1.29, 1.82) is 0 Å². The first-order chi connectivity index (χ1) is 13.5. The van der Waals surface area contributed by atoms with E-state index in [0.717, 1.165) is 12.8 Å². The average molecular weight is 395 g/mol. The maximum Gasteiger partial charge on any atom is 0.306 e. The smallest absolute Gasteiger partial charge is 0.306 e. The summed E-state index contributed by atoms with van der Waals surface area (Å²) in [4.78, 5) is 11.6. The molecule has 0 aromatic carbocycles. The normalized spacial score (nSPS) is 12.0. The summed E-state index contributed by atoms with van der Waals surface area (Å²) in [5.74, 6) is -0.0477. The van der Waals surface area contributed by atoms with Gasteiger partial charge in [0, 0.05) is 6.42 Å². The van der Waals surface area contributed by atoms with Gasteiger partial charge in [0.25, 0.3) is 0 Å². The number of rotatable bonds is 19. The second kappa shape index (κ2) is 19.5. The monoisotopic (exact) mass is 394 g/mol. The van der Waals surface area contributed by atoms with Crippen LogP contribution in [0.1, 0.15) is 143 Å². The molecule has 0 N–H and O–H groups in total. The van der Waals surface area contributed by atoms with E-state index in [9.17, 15) is 4.79 Å². The lowest BCUT2D eigenvalue weighted by atomic mass is 10.1. The molecule has 0 saturated heterocycles. The molecule has 0 spiro atoms. The van der Waals surface area contributed by atoms with Gasteiger partial charge in [0.15, 0.2) is 0 Å². The molecule has 0 amide bonds. The maximum absolute atomic E-state index is 11.6. The Morgan fingerprint density at radius 1 is 0.643 bits per heavy atom.